The number of aromatic nitrogens is 1. The topological polar surface area (TPSA) is 12.9 Å². The molecule has 1 nitrogen and oxygen atoms in total. The molecule has 0 amide bonds. The molecule has 1 aliphatic carbocycles. The summed E-state index contributed by atoms with van der Waals surface area (Å²) in [5.74, 6) is 2.13. The van der Waals surface area contributed by atoms with Crippen molar-refractivity contribution in [1.82, 2.24) is 4.98 Å². The number of thioether (sulfide) groups is 1. The molecule has 1 fully saturated rings. The van der Waals surface area contributed by atoms with Crippen molar-refractivity contribution in [2.45, 2.75) is 30.7 Å². The van der Waals surface area contributed by atoms with Crippen LogP contribution in [0.1, 0.15) is 25.7 Å². The Labute approximate surface area is 94.3 Å². The van der Waals surface area contributed by atoms with E-state index in [0.717, 1.165) is 16.0 Å². The van der Waals surface area contributed by atoms with Crippen LogP contribution in [0.3, 0.4) is 0 Å². The van der Waals surface area contributed by atoms with E-state index in [1.807, 2.05) is 23.9 Å². The van der Waals surface area contributed by atoms with E-state index in [1.165, 1.54) is 31.4 Å². The summed E-state index contributed by atoms with van der Waals surface area (Å²) in [7, 11) is 0. The van der Waals surface area contributed by atoms with E-state index < -0.39 is 0 Å². The molecule has 0 bridgehead atoms. The third-order valence-corrected chi connectivity index (χ3v) is 4.04. The standard InChI is InChI=1S/C11H14ClNS/c12-10-5-6-11(13-7-10)14-8-9-3-1-2-4-9/h5-7,9H,1-4,8H2. The minimum Gasteiger partial charge on any atom is -0.248 e. The minimum atomic E-state index is 0.718. The van der Waals surface area contributed by atoms with E-state index in [2.05, 4.69) is 4.98 Å². The van der Waals surface area contributed by atoms with Crippen LogP contribution in [-0.4, -0.2) is 10.7 Å². The first-order valence-corrected chi connectivity index (χ1v) is 6.45. The maximum Gasteiger partial charge on any atom is 0.0961 e. The molecular weight excluding hydrogens is 214 g/mol. The molecule has 0 N–H and O–H groups in total. The third-order valence-electron chi connectivity index (χ3n) is 2.64. The zero-order valence-electron chi connectivity index (χ0n) is 8.08. The van der Waals surface area contributed by atoms with E-state index in [9.17, 15) is 0 Å². The van der Waals surface area contributed by atoms with E-state index >= 15 is 0 Å². The molecule has 1 saturated carbocycles. The summed E-state index contributed by atoms with van der Waals surface area (Å²) in [4.78, 5) is 4.27. The molecule has 0 aromatic carbocycles. The maximum atomic E-state index is 5.77. The summed E-state index contributed by atoms with van der Waals surface area (Å²) in [5, 5.41) is 1.82. The number of nitrogens with zero attached hydrogens (tertiary/aromatic N) is 1. The molecule has 0 spiro atoms. The molecular formula is C11H14ClNS. The quantitative estimate of drug-likeness (QED) is 0.724. The van der Waals surface area contributed by atoms with Gasteiger partial charge in [-0.2, -0.15) is 0 Å². The molecule has 2 rings (SSSR count). The second kappa shape index (κ2) is 5.04. The molecule has 1 aromatic rings. The van der Waals surface area contributed by atoms with Gasteiger partial charge in [-0.25, -0.2) is 4.98 Å². The van der Waals surface area contributed by atoms with E-state index in [4.69, 9.17) is 11.6 Å². The first-order valence-electron chi connectivity index (χ1n) is 5.09. The van der Waals surface area contributed by atoms with Gasteiger partial charge in [-0.1, -0.05) is 24.4 Å². The Morgan fingerprint density at radius 1 is 1.36 bits per heavy atom. The number of hydrogen-bond acceptors (Lipinski definition) is 2. The lowest BCUT2D eigenvalue weighted by Crippen LogP contribution is -1.96. The molecule has 0 atom stereocenters. The lowest BCUT2D eigenvalue weighted by Gasteiger charge is -2.06. The summed E-state index contributed by atoms with van der Waals surface area (Å²) in [5.41, 5.74) is 0. The van der Waals surface area contributed by atoms with E-state index in [-0.39, 0.29) is 0 Å². The molecule has 0 unspecified atom stereocenters. The van der Waals surface area contributed by atoms with Crippen molar-refractivity contribution in [3.63, 3.8) is 0 Å². The van der Waals surface area contributed by atoms with Gasteiger partial charge in [0.25, 0.3) is 0 Å². The first-order chi connectivity index (χ1) is 6.84. The van der Waals surface area contributed by atoms with Crippen molar-refractivity contribution in [2.75, 3.05) is 5.75 Å². The second-order valence-electron chi connectivity index (χ2n) is 3.78. The van der Waals surface area contributed by atoms with Gasteiger partial charge < -0.3 is 0 Å². The van der Waals surface area contributed by atoms with Crippen LogP contribution in [0.4, 0.5) is 0 Å². The lowest BCUT2D eigenvalue weighted by molar-refractivity contribution is 0.623. The number of halogens is 1. The fourth-order valence-corrected chi connectivity index (χ4v) is 2.97. The van der Waals surface area contributed by atoms with Gasteiger partial charge in [0.2, 0.25) is 0 Å². The molecule has 14 heavy (non-hydrogen) atoms. The van der Waals surface area contributed by atoms with Crippen molar-refractivity contribution in [2.24, 2.45) is 5.92 Å². The van der Waals surface area contributed by atoms with Crippen LogP contribution in [-0.2, 0) is 0 Å². The first kappa shape index (κ1) is 10.3. The van der Waals surface area contributed by atoms with Gasteiger partial charge >= 0.3 is 0 Å². The van der Waals surface area contributed by atoms with Gasteiger partial charge in [0.15, 0.2) is 0 Å². The summed E-state index contributed by atoms with van der Waals surface area (Å²) in [6.45, 7) is 0. The van der Waals surface area contributed by atoms with Gasteiger partial charge in [-0.3, -0.25) is 0 Å². The summed E-state index contributed by atoms with van der Waals surface area (Å²) < 4.78 is 0. The van der Waals surface area contributed by atoms with Crippen LogP contribution in [0.25, 0.3) is 0 Å². The molecule has 0 aliphatic heterocycles. The van der Waals surface area contributed by atoms with Crippen molar-refractivity contribution in [3.8, 4) is 0 Å². The highest BCUT2D eigenvalue weighted by molar-refractivity contribution is 7.99. The zero-order valence-corrected chi connectivity index (χ0v) is 9.65. The van der Waals surface area contributed by atoms with Crippen LogP contribution in [0.15, 0.2) is 23.4 Å². The fraction of sp³-hybridized carbons (Fsp3) is 0.545. The van der Waals surface area contributed by atoms with Crippen molar-refractivity contribution < 1.29 is 0 Å². The number of rotatable bonds is 3. The predicted molar refractivity (Wildman–Crippen MR) is 61.9 cm³/mol. The van der Waals surface area contributed by atoms with Crippen LogP contribution >= 0.6 is 23.4 Å². The highest BCUT2D eigenvalue weighted by Gasteiger charge is 2.14. The minimum absolute atomic E-state index is 0.718. The smallest absolute Gasteiger partial charge is 0.0961 e. The lowest BCUT2D eigenvalue weighted by atomic mass is 10.1. The Bertz CT molecular complexity index is 280. The Balaban J connectivity index is 1.82. The van der Waals surface area contributed by atoms with E-state index in [0.29, 0.717) is 0 Å². The van der Waals surface area contributed by atoms with Crippen LogP contribution in [0, 0.1) is 5.92 Å². The molecule has 0 saturated heterocycles. The summed E-state index contributed by atoms with van der Waals surface area (Å²) in [6.07, 6.45) is 7.36. The van der Waals surface area contributed by atoms with Crippen LogP contribution in [0.5, 0.6) is 0 Å². The van der Waals surface area contributed by atoms with Gasteiger partial charge in [0, 0.05) is 11.9 Å². The molecule has 1 heterocycles. The van der Waals surface area contributed by atoms with Gasteiger partial charge in [-0.05, 0) is 30.9 Å². The second-order valence-corrected chi connectivity index (χ2v) is 5.25. The van der Waals surface area contributed by atoms with Crippen molar-refractivity contribution in [3.05, 3.63) is 23.4 Å². The molecule has 3 heteroatoms. The summed E-state index contributed by atoms with van der Waals surface area (Å²) >= 11 is 7.62. The molecule has 1 aliphatic rings. The Kier molecular flexibility index (Phi) is 3.71. The predicted octanol–water partition coefficient (Wildman–Crippen LogP) is 4.02. The van der Waals surface area contributed by atoms with E-state index in [1.54, 1.807) is 6.20 Å². The van der Waals surface area contributed by atoms with Gasteiger partial charge in [-0.15, -0.1) is 11.8 Å². The average molecular weight is 228 g/mol. The number of hydrogen-bond donors (Lipinski definition) is 0. The maximum absolute atomic E-state index is 5.77. The molecule has 76 valence electrons. The van der Waals surface area contributed by atoms with Crippen molar-refractivity contribution in [1.29, 1.82) is 0 Å². The Hall–Kier alpha value is -0.210. The van der Waals surface area contributed by atoms with Gasteiger partial charge in [0.05, 0.1) is 10.0 Å². The summed E-state index contributed by atoms with van der Waals surface area (Å²) in [6, 6.07) is 3.91. The van der Waals surface area contributed by atoms with Crippen LogP contribution in [0.2, 0.25) is 5.02 Å². The zero-order chi connectivity index (χ0) is 9.80. The Morgan fingerprint density at radius 2 is 2.14 bits per heavy atom. The Morgan fingerprint density at radius 3 is 2.79 bits per heavy atom. The largest absolute Gasteiger partial charge is 0.248 e. The number of pyridine rings is 1. The van der Waals surface area contributed by atoms with Gasteiger partial charge in [0.1, 0.15) is 0 Å². The highest BCUT2D eigenvalue weighted by Crippen LogP contribution is 2.30. The molecule has 1 aromatic heterocycles. The SMILES string of the molecule is Clc1ccc(SCC2CCCC2)nc1. The average Bonchev–Trinajstić information content (AvgIpc) is 2.70. The monoisotopic (exact) mass is 227 g/mol. The fourth-order valence-electron chi connectivity index (χ4n) is 1.83. The third kappa shape index (κ3) is 2.89. The highest BCUT2D eigenvalue weighted by atomic mass is 35.5. The van der Waals surface area contributed by atoms with Crippen LogP contribution < -0.4 is 0 Å². The molecule has 0 radical (unpaired) electrons. The van der Waals surface area contributed by atoms with Crippen molar-refractivity contribution >= 4 is 23.4 Å². The normalized spacial score (nSPS) is 17.5.